The molecule has 0 radical (unpaired) electrons. The first kappa shape index (κ1) is 16.6. The molecule has 1 saturated carbocycles. The van der Waals surface area contributed by atoms with Crippen molar-refractivity contribution in [3.8, 4) is 16.9 Å². The van der Waals surface area contributed by atoms with Crippen LogP contribution in [-0.2, 0) is 19.3 Å². The molecule has 8 heteroatoms. The fraction of sp³-hybridized carbons (Fsp3) is 0.333. The van der Waals surface area contributed by atoms with Gasteiger partial charge in [0.05, 0.1) is 18.8 Å². The van der Waals surface area contributed by atoms with Crippen molar-refractivity contribution in [2.45, 2.75) is 38.1 Å². The minimum Gasteiger partial charge on any atom is -0.493 e. The van der Waals surface area contributed by atoms with Crippen molar-refractivity contribution in [2.24, 2.45) is 0 Å². The van der Waals surface area contributed by atoms with Gasteiger partial charge in [-0.3, -0.25) is 9.08 Å². The molecule has 4 aromatic rings. The summed E-state index contributed by atoms with van der Waals surface area (Å²) in [4.78, 5) is 4.66. The molecule has 6 rings (SSSR count). The Morgan fingerprint density at radius 1 is 1.17 bits per heavy atom. The Morgan fingerprint density at radius 3 is 3.00 bits per heavy atom. The molecule has 1 fully saturated rings. The lowest BCUT2D eigenvalue weighted by molar-refractivity contribution is 0.356. The van der Waals surface area contributed by atoms with Gasteiger partial charge in [0, 0.05) is 41.9 Å². The van der Waals surface area contributed by atoms with Gasteiger partial charge in [0.1, 0.15) is 23.7 Å². The third kappa shape index (κ3) is 2.78. The highest BCUT2D eigenvalue weighted by atomic mass is 19.1. The van der Waals surface area contributed by atoms with Crippen molar-refractivity contribution in [3.63, 3.8) is 0 Å². The molecule has 0 bridgehead atoms. The Balaban J connectivity index is 1.32. The van der Waals surface area contributed by atoms with Gasteiger partial charge in [-0.1, -0.05) is 0 Å². The van der Waals surface area contributed by atoms with Crippen molar-refractivity contribution in [2.75, 3.05) is 6.61 Å². The summed E-state index contributed by atoms with van der Waals surface area (Å²) in [6, 6.07) is 3.73. The van der Waals surface area contributed by atoms with Gasteiger partial charge in [0.15, 0.2) is 5.65 Å². The molecule has 1 aliphatic heterocycles. The largest absolute Gasteiger partial charge is 0.493 e. The minimum absolute atomic E-state index is 0.182. The van der Waals surface area contributed by atoms with E-state index in [0.29, 0.717) is 25.5 Å². The van der Waals surface area contributed by atoms with Crippen LogP contribution in [0.25, 0.3) is 16.8 Å². The number of nitrogens with zero attached hydrogens (tertiary/aromatic N) is 6. The summed E-state index contributed by atoms with van der Waals surface area (Å²) in [5.74, 6) is 1.42. The van der Waals surface area contributed by atoms with E-state index in [4.69, 9.17) is 4.74 Å². The summed E-state index contributed by atoms with van der Waals surface area (Å²) in [6.45, 7) is 0.614. The lowest BCUT2D eigenvalue weighted by Crippen LogP contribution is -2.06. The van der Waals surface area contributed by atoms with E-state index >= 15 is 0 Å². The second-order valence-electron chi connectivity index (χ2n) is 7.65. The fourth-order valence-electron chi connectivity index (χ4n) is 4.09. The molecule has 4 heterocycles. The highest BCUT2D eigenvalue weighted by Gasteiger charge is 2.25. The number of rotatable bonds is 5. The Morgan fingerprint density at radius 2 is 2.10 bits per heavy atom. The maximum absolute atomic E-state index is 14.4. The molecule has 1 aromatic carbocycles. The SMILES string of the molecule is Fc1ccc2c(c1CCc1ncc(-c3cnn(C4CC4)c3)c3nncn13)CCO2. The van der Waals surface area contributed by atoms with Crippen molar-refractivity contribution in [1.82, 2.24) is 29.4 Å². The Kier molecular flexibility index (Phi) is 3.65. The molecular formula is C21H19FN6O. The van der Waals surface area contributed by atoms with Crippen LogP contribution < -0.4 is 4.74 Å². The predicted molar refractivity (Wildman–Crippen MR) is 103 cm³/mol. The van der Waals surface area contributed by atoms with Crippen molar-refractivity contribution in [1.29, 1.82) is 0 Å². The average molecular weight is 390 g/mol. The molecule has 7 nitrogen and oxygen atoms in total. The van der Waals surface area contributed by atoms with Gasteiger partial charge < -0.3 is 4.74 Å². The lowest BCUT2D eigenvalue weighted by Gasteiger charge is -2.10. The second-order valence-corrected chi connectivity index (χ2v) is 7.65. The van der Waals surface area contributed by atoms with E-state index in [-0.39, 0.29) is 5.82 Å². The van der Waals surface area contributed by atoms with Crippen molar-refractivity contribution < 1.29 is 9.13 Å². The maximum atomic E-state index is 14.4. The van der Waals surface area contributed by atoms with E-state index in [1.165, 1.54) is 18.9 Å². The maximum Gasteiger partial charge on any atom is 0.171 e. The minimum atomic E-state index is -0.182. The number of hydrogen-bond acceptors (Lipinski definition) is 5. The van der Waals surface area contributed by atoms with Crippen LogP contribution in [0.3, 0.4) is 0 Å². The summed E-state index contributed by atoms with van der Waals surface area (Å²) in [5, 5.41) is 12.8. The zero-order valence-electron chi connectivity index (χ0n) is 15.8. The Hall–Kier alpha value is -3.29. The zero-order chi connectivity index (χ0) is 19.4. The van der Waals surface area contributed by atoms with Crippen molar-refractivity contribution in [3.05, 3.63) is 59.8 Å². The van der Waals surface area contributed by atoms with Crippen LogP contribution in [0, 0.1) is 5.82 Å². The van der Waals surface area contributed by atoms with E-state index in [1.807, 2.05) is 27.7 Å². The first-order valence-electron chi connectivity index (χ1n) is 9.93. The first-order chi connectivity index (χ1) is 14.3. The normalized spacial score (nSPS) is 15.6. The van der Waals surface area contributed by atoms with Gasteiger partial charge in [-0.2, -0.15) is 5.10 Å². The van der Waals surface area contributed by atoms with Crippen LogP contribution in [0.5, 0.6) is 5.75 Å². The Bertz CT molecular complexity index is 1230. The summed E-state index contributed by atoms with van der Waals surface area (Å²) in [5.41, 5.74) is 4.33. The highest BCUT2D eigenvalue weighted by Crippen LogP contribution is 2.35. The molecule has 146 valence electrons. The van der Waals surface area contributed by atoms with Crippen LogP contribution in [0.15, 0.2) is 37.1 Å². The van der Waals surface area contributed by atoms with Crippen LogP contribution in [0.2, 0.25) is 0 Å². The summed E-state index contributed by atoms with van der Waals surface area (Å²) < 4.78 is 23.9. The van der Waals surface area contributed by atoms with Gasteiger partial charge in [-0.25, -0.2) is 9.37 Å². The van der Waals surface area contributed by atoms with E-state index in [0.717, 1.165) is 45.9 Å². The molecule has 0 saturated heterocycles. The quantitative estimate of drug-likeness (QED) is 0.523. The van der Waals surface area contributed by atoms with E-state index in [1.54, 1.807) is 12.4 Å². The third-order valence-corrected chi connectivity index (χ3v) is 5.78. The van der Waals surface area contributed by atoms with Crippen LogP contribution in [0.4, 0.5) is 4.39 Å². The van der Waals surface area contributed by atoms with Gasteiger partial charge >= 0.3 is 0 Å². The smallest absolute Gasteiger partial charge is 0.171 e. The molecule has 29 heavy (non-hydrogen) atoms. The van der Waals surface area contributed by atoms with Crippen LogP contribution >= 0.6 is 0 Å². The number of fused-ring (bicyclic) bond motifs is 2. The molecular weight excluding hydrogens is 371 g/mol. The van der Waals surface area contributed by atoms with E-state index in [9.17, 15) is 4.39 Å². The van der Waals surface area contributed by atoms with E-state index < -0.39 is 0 Å². The molecule has 0 N–H and O–H groups in total. The summed E-state index contributed by atoms with van der Waals surface area (Å²) >= 11 is 0. The molecule has 0 atom stereocenters. The van der Waals surface area contributed by atoms with Gasteiger partial charge in [-0.15, -0.1) is 10.2 Å². The van der Waals surface area contributed by atoms with E-state index in [2.05, 4.69) is 20.3 Å². The third-order valence-electron chi connectivity index (χ3n) is 5.78. The van der Waals surface area contributed by atoms with Gasteiger partial charge in [0.25, 0.3) is 0 Å². The predicted octanol–water partition coefficient (Wildman–Crippen LogP) is 3.18. The number of ether oxygens (including phenoxy) is 1. The molecule has 2 aliphatic rings. The lowest BCUT2D eigenvalue weighted by atomic mass is 10.00. The zero-order valence-corrected chi connectivity index (χ0v) is 15.8. The molecule has 0 amide bonds. The number of halogens is 1. The monoisotopic (exact) mass is 390 g/mol. The van der Waals surface area contributed by atoms with Gasteiger partial charge in [-0.05, 0) is 37.0 Å². The van der Waals surface area contributed by atoms with Crippen LogP contribution in [-0.4, -0.2) is 36.0 Å². The molecule has 0 unspecified atom stereocenters. The standard InChI is InChI=1S/C21H19FN6O/c22-18-4-5-19-16(7-8-29-19)15(18)3-6-20-23-10-17(21-26-24-12-27(20)21)13-9-25-28(11-13)14-1-2-14/h4-5,9-12,14H,1-3,6-8H2. The molecule has 3 aromatic heterocycles. The summed E-state index contributed by atoms with van der Waals surface area (Å²) in [6.07, 6.45) is 11.7. The second kappa shape index (κ2) is 6.37. The topological polar surface area (TPSA) is 70.1 Å². The summed E-state index contributed by atoms with van der Waals surface area (Å²) in [7, 11) is 0. The van der Waals surface area contributed by atoms with Crippen LogP contribution in [0.1, 0.15) is 35.8 Å². The average Bonchev–Trinajstić information content (AvgIpc) is 3.15. The molecule has 1 aliphatic carbocycles. The number of benzene rings is 1. The number of aryl methyl sites for hydroxylation is 1. The fourth-order valence-corrected chi connectivity index (χ4v) is 4.09. The first-order valence-corrected chi connectivity index (χ1v) is 9.93. The molecule has 0 spiro atoms. The number of hydrogen-bond donors (Lipinski definition) is 0. The van der Waals surface area contributed by atoms with Crippen molar-refractivity contribution >= 4 is 5.65 Å². The Labute approximate surface area is 166 Å². The highest BCUT2D eigenvalue weighted by molar-refractivity contribution is 5.75. The number of aromatic nitrogens is 6. The van der Waals surface area contributed by atoms with Gasteiger partial charge in [0.2, 0.25) is 0 Å².